The van der Waals surface area contributed by atoms with Gasteiger partial charge in [0.1, 0.15) is 6.10 Å². The molecule has 3 saturated carbocycles. The molecule has 0 radical (unpaired) electrons. The molecule has 1 spiro atoms. The zero-order valence-electron chi connectivity index (χ0n) is 19.4. The van der Waals surface area contributed by atoms with E-state index in [1.54, 1.807) is 0 Å². The fourth-order valence-electron chi connectivity index (χ4n) is 9.00. The Morgan fingerprint density at radius 3 is 2.50 bits per heavy atom. The average molecular weight is 419 g/mol. The minimum absolute atomic E-state index is 0.00825. The SMILES string of the molecule is C[C@@H]1C[C@H]2OC(=O)[C@@]3(C)CCC[C@](C)(C23)[C@@]1(O)CCC1CCOC12CCCCCC2. The number of hydrogen-bond acceptors (Lipinski definition) is 4. The summed E-state index contributed by atoms with van der Waals surface area (Å²) in [5.41, 5.74) is -1.31. The zero-order valence-corrected chi connectivity index (χ0v) is 19.4. The molecule has 2 heterocycles. The molecule has 30 heavy (non-hydrogen) atoms. The molecule has 0 amide bonds. The highest BCUT2D eigenvalue weighted by Crippen LogP contribution is 2.67. The van der Waals surface area contributed by atoms with E-state index in [0.717, 1.165) is 51.6 Å². The average Bonchev–Trinajstić information content (AvgIpc) is 3.08. The van der Waals surface area contributed by atoms with Gasteiger partial charge in [-0.05, 0) is 70.1 Å². The summed E-state index contributed by atoms with van der Waals surface area (Å²) in [4.78, 5) is 12.8. The Hall–Kier alpha value is -0.610. The summed E-state index contributed by atoms with van der Waals surface area (Å²) in [5.74, 6) is 0.870. The molecule has 2 saturated heterocycles. The van der Waals surface area contributed by atoms with Crippen LogP contribution in [0.4, 0.5) is 0 Å². The van der Waals surface area contributed by atoms with E-state index in [4.69, 9.17) is 9.47 Å². The number of rotatable bonds is 3. The number of carbonyl (C=O) groups excluding carboxylic acids is 1. The van der Waals surface area contributed by atoms with Gasteiger partial charge in [-0.3, -0.25) is 4.79 Å². The molecule has 2 unspecified atom stereocenters. The van der Waals surface area contributed by atoms with Gasteiger partial charge in [0.05, 0.1) is 16.6 Å². The minimum atomic E-state index is -0.724. The van der Waals surface area contributed by atoms with Crippen molar-refractivity contribution in [2.24, 2.45) is 28.6 Å². The number of ether oxygens (including phenoxy) is 2. The summed E-state index contributed by atoms with van der Waals surface area (Å²) in [6, 6.07) is 0. The van der Waals surface area contributed by atoms with Crippen molar-refractivity contribution in [3.8, 4) is 0 Å². The number of aliphatic hydroxyl groups is 1. The minimum Gasteiger partial charge on any atom is -0.462 e. The van der Waals surface area contributed by atoms with Gasteiger partial charge in [-0.1, -0.05) is 46.0 Å². The van der Waals surface area contributed by atoms with Crippen LogP contribution in [0.25, 0.3) is 0 Å². The molecular formula is C26H42O4. The van der Waals surface area contributed by atoms with Crippen molar-refractivity contribution in [1.29, 1.82) is 0 Å². The van der Waals surface area contributed by atoms with Crippen molar-refractivity contribution in [2.45, 2.75) is 122 Å². The summed E-state index contributed by atoms with van der Waals surface area (Å²) in [7, 11) is 0. The van der Waals surface area contributed by atoms with Crippen LogP contribution in [0.3, 0.4) is 0 Å². The number of hydrogen-bond donors (Lipinski definition) is 1. The maximum Gasteiger partial charge on any atom is 0.312 e. The Kier molecular flexibility index (Phi) is 5.10. The van der Waals surface area contributed by atoms with Crippen LogP contribution in [0.2, 0.25) is 0 Å². The van der Waals surface area contributed by atoms with Gasteiger partial charge in [0.25, 0.3) is 0 Å². The predicted molar refractivity (Wildman–Crippen MR) is 116 cm³/mol. The Morgan fingerprint density at radius 2 is 1.77 bits per heavy atom. The van der Waals surface area contributed by atoms with E-state index in [1.165, 1.54) is 38.5 Å². The second kappa shape index (κ2) is 7.20. The topological polar surface area (TPSA) is 55.8 Å². The smallest absolute Gasteiger partial charge is 0.312 e. The Labute approximate surface area is 182 Å². The van der Waals surface area contributed by atoms with Crippen molar-refractivity contribution < 1.29 is 19.4 Å². The Bertz CT molecular complexity index is 683. The van der Waals surface area contributed by atoms with Crippen molar-refractivity contribution in [3.63, 3.8) is 0 Å². The highest BCUT2D eigenvalue weighted by molar-refractivity contribution is 5.80. The van der Waals surface area contributed by atoms with Crippen LogP contribution in [0.15, 0.2) is 0 Å². The number of esters is 1. The number of carbonyl (C=O) groups is 1. The highest BCUT2D eigenvalue weighted by Gasteiger charge is 2.71. The summed E-state index contributed by atoms with van der Waals surface area (Å²) < 4.78 is 12.4. The molecule has 0 bridgehead atoms. The van der Waals surface area contributed by atoms with Crippen LogP contribution in [0, 0.1) is 28.6 Å². The van der Waals surface area contributed by atoms with Crippen LogP contribution in [0.1, 0.15) is 104 Å². The predicted octanol–water partition coefficient (Wildman–Crippen LogP) is 5.41. The van der Waals surface area contributed by atoms with Gasteiger partial charge in [-0.2, -0.15) is 0 Å². The van der Waals surface area contributed by atoms with Gasteiger partial charge in [0.2, 0.25) is 0 Å². The van der Waals surface area contributed by atoms with E-state index in [1.807, 2.05) is 0 Å². The maximum absolute atomic E-state index is 12.8. The second-order valence-electron chi connectivity index (χ2n) is 12.0. The summed E-state index contributed by atoms with van der Waals surface area (Å²) in [5, 5.41) is 12.4. The third-order valence-electron chi connectivity index (χ3n) is 10.7. The normalized spacial score (nSPS) is 50.2. The Morgan fingerprint density at radius 1 is 1.03 bits per heavy atom. The van der Waals surface area contributed by atoms with Gasteiger partial charge in [0.15, 0.2) is 0 Å². The van der Waals surface area contributed by atoms with E-state index >= 15 is 0 Å². The zero-order chi connectivity index (χ0) is 21.2. The first-order valence-electron chi connectivity index (χ1n) is 12.8. The molecule has 7 atom stereocenters. The molecule has 170 valence electrons. The lowest BCUT2D eigenvalue weighted by Gasteiger charge is -2.61. The van der Waals surface area contributed by atoms with Crippen molar-refractivity contribution >= 4 is 5.97 Å². The fourth-order valence-corrected chi connectivity index (χ4v) is 9.00. The lowest BCUT2D eigenvalue weighted by Crippen LogP contribution is -2.65. The lowest BCUT2D eigenvalue weighted by molar-refractivity contribution is -0.220. The molecule has 4 nitrogen and oxygen atoms in total. The quantitative estimate of drug-likeness (QED) is 0.623. The molecule has 5 aliphatic rings. The van der Waals surface area contributed by atoms with Crippen molar-refractivity contribution in [2.75, 3.05) is 6.61 Å². The molecule has 0 aromatic rings. The van der Waals surface area contributed by atoms with E-state index in [0.29, 0.717) is 5.92 Å². The standard InChI is InChI=1S/C26H42O4/c1-18-17-20-21-23(2,22(27)30-20)11-8-12-24(21,3)26(18,28)15-9-19-10-16-29-25(19)13-6-4-5-7-14-25/h18-21,28H,4-17H2,1-3H3/t18-,19?,20-,21?,23+,24-,26-/m1/s1. The molecule has 3 aliphatic carbocycles. The molecule has 1 N–H and O–H groups in total. The third-order valence-corrected chi connectivity index (χ3v) is 10.7. The first kappa shape index (κ1) is 21.2. The summed E-state index contributed by atoms with van der Waals surface area (Å²) in [6.07, 6.45) is 14.4. The van der Waals surface area contributed by atoms with Crippen LogP contribution in [-0.2, 0) is 14.3 Å². The van der Waals surface area contributed by atoms with E-state index in [2.05, 4.69) is 20.8 Å². The van der Waals surface area contributed by atoms with Crippen LogP contribution < -0.4 is 0 Å². The van der Waals surface area contributed by atoms with E-state index in [-0.39, 0.29) is 34.9 Å². The Balaban J connectivity index is 1.40. The molecule has 0 aromatic heterocycles. The molecule has 5 rings (SSSR count). The van der Waals surface area contributed by atoms with Crippen molar-refractivity contribution in [3.05, 3.63) is 0 Å². The molecule has 2 aliphatic heterocycles. The lowest BCUT2D eigenvalue weighted by atomic mass is 9.44. The molecule has 4 heteroatoms. The third kappa shape index (κ3) is 2.81. The first-order valence-corrected chi connectivity index (χ1v) is 12.8. The summed E-state index contributed by atoms with van der Waals surface area (Å²) >= 11 is 0. The van der Waals surface area contributed by atoms with Crippen molar-refractivity contribution in [1.82, 2.24) is 0 Å². The molecule has 0 aromatic carbocycles. The van der Waals surface area contributed by atoms with Gasteiger partial charge in [-0.15, -0.1) is 0 Å². The van der Waals surface area contributed by atoms with E-state index in [9.17, 15) is 9.90 Å². The molecular weight excluding hydrogens is 376 g/mol. The summed E-state index contributed by atoms with van der Waals surface area (Å²) in [6.45, 7) is 7.48. The van der Waals surface area contributed by atoms with Gasteiger partial charge >= 0.3 is 5.97 Å². The largest absolute Gasteiger partial charge is 0.462 e. The molecule has 5 fully saturated rings. The van der Waals surface area contributed by atoms with Gasteiger partial charge in [-0.25, -0.2) is 0 Å². The maximum atomic E-state index is 12.8. The van der Waals surface area contributed by atoms with Gasteiger partial charge < -0.3 is 14.6 Å². The first-order chi connectivity index (χ1) is 14.3. The van der Waals surface area contributed by atoms with Crippen LogP contribution in [-0.4, -0.2) is 35.0 Å². The fraction of sp³-hybridized carbons (Fsp3) is 0.962. The van der Waals surface area contributed by atoms with Gasteiger partial charge in [0, 0.05) is 17.9 Å². The highest BCUT2D eigenvalue weighted by atomic mass is 16.6. The van der Waals surface area contributed by atoms with Crippen LogP contribution >= 0.6 is 0 Å². The monoisotopic (exact) mass is 418 g/mol. The van der Waals surface area contributed by atoms with Crippen LogP contribution in [0.5, 0.6) is 0 Å². The second-order valence-corrected chi connectivity index (χ2v) is 12.0. The van der Waals surface area contributed by atoms with E-state index < -0.39 is 11.0 Å².